The lowest BCUT2D eigenvalue weighted by Crippen LogP contribution is -2.14. The zero-order valence-corrected chi connectivity index (χ0v) is 13.8. The van der Waals surface area contributed by atoms with Crippen molar-refractivity contribution in [1.29, 1.82) is 0 Å². The average Bonchev–Trinajstić information content (AvgIpc) is 2.72. The summed E-state index contributed by atoms with van der Waals surface area (Å²) >= 11 is 9.50. The van der Waals surface area contributed by atoms with Gasteiger partial charge in [-0.1, -0.05) is 23.2 Å². The number of amides is 1. The molecule has 2 aromatic rings. The lowest BCUT2D eigenvalue weighted by atomic mass is 10.1. The summed E-state index contributed by atoms with van der Waals surface area (Å²) in [6.45, 7) is 3.92. The zero-order chi connectivity index (χ0) is 15.1. The van der Waals surface area contributed by atoms with Gasteiger partial charge in [0.05, 0.1) is 16.4 Å². The molecule has 0 aromatic heterocycles. The maximum absolute atomic E-state index is 12.1. The highest BCUT2D eigenvalue weighted by atomic mass is 79.9. The first-order valence-corrected chi connectivity index (χ1v) is 7.59. The number of benzene rings is 2. The van der Waals surface area contributed by atoms with Crippen LogP contribution in [0.4, 0.5) is 11.4 Å². The summed E-state index contributed by atoms with van der Waals surface area (Å²) in [4.78, 5) is 16.6. The van der Waals surface area contributed by atoms with E-state index in [2.05, 4.69) is 26.2 Å². The van der Waals surface area contributed by atoms with Crippen LogP contribution in [0, 0.1) is 13.8 Å². The Labute approximate surface area is 136 Å². The van der Waals surface area contributed by atoms with Gasteiger partial charge in [0, 0.05) is 10.0 Å². The minimum absolute atomic E-state index is 0.186. The van der Waals surface area contributed by atoms with Crippen LogP contribution in [0.5, 0.6) is 0 Å². The standard InChI is InChI=1S/C16H12BrClN2O/c1-8-3-4-13-10(5-8)15(16(21)20-13)19-14-7-12(18)11(17)6-9(14)2/h3-7H,1-2H3,(H,19,20,21). The highest BCUT2D eigenvalue weighted by Crippen LogP contribution is 2.33. The van der Waals surface area contributed by atoms with E-state index in [9.17, 15) is 4.79 Å². The van der Waals surface area contributed by atoms with Gasteiger partial charge in [0.1, 0.15) is 5.71 Å². The van der Waals surface area contributed by atoms with E-state index in [1.54, 1.807) is 6.07 Å². The van der Waals surface area contributed by atoms with E-state index in [4.69, 9.17) is 11.6 Å². The van der Waals surface area contributed by atoms with Gasteiger partial charge in [-0.15, -0.1) is 0 Å². The molecule has 0 spiro atoms. The fourth-order valence-electron chi connectivity index (χ4n) is 2.25. The molecule has 1 aliphatic rings. The quantitative estimate of drug-likeness (QED) is 0.777. The van der Waals surface area contributed by atoms with Gasteiger partial charge in [-0.25, -0.2) is 4.99 Å². The number of nitrogens with zero attached hydrogens (tertiary/aromatic N) is 1. The molecule has 1 amide bonds. The first-order valence-electron chi connectivity index (χ1n) is 6.42. The summed E-state index contributed by atoms with van der Waals surface area (Å²) in [6.07, 6.45) is 0. The highest BCUT2D eigenvalue weighted by Gasteiger charge is 2.26. The predicted octanol–water partition coefficient (Wildman–Crippen LogP) is 4.79. The topological polar surface area (TPSA) is 41.5 Å². The summed E-state index contributed by atoms with van der Waals surface area (Å²) in [5.41, 5.74) is 4.79. The molecule has 0 radical (unpaired) electrons. The number of carbonyl (C=O) groups excluding carboxylic acids is 1. The Morgan fingerprint density at radius 1 is 1.19 bits per heavy atom. The molecule has 3 rings (SSSR count). The number of nitrogens with one attached hydrogen (secondary N) is 1. The number of hydrogen-bond acceptors (Lipinski definition) is 2. The second-order valence-electron chi connectivity index (χ2n) is 5.02. The average molecular weight is 364 g/mol. The summed E-state index contributed by atoms with van der Waals surface area (Å²) < 4.78 is 0.817. The number of hydrogen-bond donors (Lipinski definition) is 1. The van der Waals surface area contributed by atoms with Crippen LogP contribution in [0.25, 0.3) is 0 Å². The van der Waals surface area contributed by atoms with Gasteiger partial charge in [-0.3, -0.25) is 4.79 Å². The number of aliphatic imine (C=N–C) groups is 1. The number of aryl methyl sites for hydroxylation is 2. The molecule has 1 N–H and O–H groups in total. The van der Waals surface area contributed by atoms with Gasteiger partial charge >= 0.3 is 0 Å². The third-order valence-electron chi connectivity index (χ3n) is 3.36. The van der Waals surface area contributed by atoms with Crippen LogP contribution in [0.15, 0.2) is 39.8 Å². The number of carbonyl (C=O) groups is 1. The van der Waals surface area contributed by atoms with Crippen LogP contribution >= 0.6 is 27.5 Å². The van der Waals surface area contributed by atoms with E-state index in [0.29, 0.717) is 16.4 Å². The molecule has 2 aromatic carbocycles. The molecule has 21 heavy (non-hydrogen) atoms. The molecule has 0 unspecified atom stereocenters. The number of rotatable bonds is 1. The zero-order valence-electron chi connectivity index (χ0n) is 11.5. The fourth-order valence-corrected chi connectivity index (χ4v) is 2.87. The van der Waals surface area contributed by atoms with E-state index >= 15 is 0 Å². The van der Waals surface area contributed by atoms with Crippen LogP contribution < -0.4 is 5.32 Å². The second-order valence-corrected chi connectivity index (χ2v) is 6.28. The first-order chi connectivity index (χ1) is 9.95. The van der Waals surface area contributed by atoms with Gasteiger partial charge in [0.2, 0.25) is 0 Å². The smallest absolute Gasteiger partial charge is 0.275 e. The SMILES string of the molecule is Cc1ccc2c(c1)C(=Nc1cc(Cl)c(Br)cc1C)C(=O)N2. The van der Waals surface area contributed by atoms with Crippen molar-refractivity contribution >= 4 is 50.5 Å². The third kappa shape index (κ3) is 2.61. The Morgan fingerprint density at radius 3 is 2.71 bits per heavy atom. The van der Waals surface area contributed by atoms with Crippen molar-refractivity contribution in [2.45, 2.75) is 13.8 Å². The third-order valence-corrected chi connectivity index (χ3v) is 4.56. The van der Waals surface area contributed by atoms with E-state index in [1.165, 1.54) is 0 Å². The molecule has 3 nitrogen and oxygen atoms in total. The summed E-state index contributed by atoms with van der Waals surface area (Å²) in [5.74, 6) is -0.186. The van der Waals surface area contributed by atoms with Crippen LogP contribution in [-0.4, -0.2) is 11.6 Å². The van der Waals surface area contributed by atoms with Crippen molar-refractivity contribution in [1.82, 2.24) is 0 Å². The van der Waals surface area contributed by atoms with E-state index in [1.807, 2.05) is 38.1 Å². The summed E-state index contributed by atoms with van der Waals surface area (Å²) in [7, 11) is 0. The van der Waals surface area contributed by atoms with E-state index in [0.717, 1.165) is 26.9 Å². The second kappa shape index (κ2) is 5.28. The molecular formula is C16H12BrClN2O. The van der Waals surface area contributed by atoms with Gasteiger partial charge in [-0.05, 0) is 59.6 Å². The van der Waals surface area contributed by atoms with E-state index < -0.39 is 0 Å². The Bertz CT molecular complexity index is 799. The van der Waals surface area contributed by atoms with Gasteiger partial charge < -0.3 is 5.32 Å². The molecule has 5 heteroatoms. The van der Waals surface area contributed by atoms with Gasteiger partial charge in [-0.2, -0.15) is 0 Å². The van der Waals surface area contributed by atoms with Crippen molar-refractivity contribution in [3.8, 4) is 0 Å². The summed E-state index contributed by atoms with van der Waals surface area (Å²) in [6, 6.07) is 9.47. The normalized spacial score (nSPS) is 15.2. The maximum atomic E-state index is 12.1. The molecule has 0 bridgehead atoms. The molecule has 0 saturated heterocycles. The van der Waals surface area contributed by atoms with Crippen molar-refractivity contribution in [2.75, 3.05) is 5.32 Å². The Morgan fingerprint density at radius 2 is 1.95 bits per heavy atom. The minimum atomic E-state index is -0.186. The van der Waals surface area contributed by atoms with Crippen LogP contribution in [-0.2, 0) is 4.79 Å². The molecule has 106 valence electrons. The number of fused-ring (bicyclic) bond motifs is 1. The Balaban J connectivity index is 2.15. The van der Waals surface area contributed by atoms with Crippen molar-refractivity contribution < 1.29 is 4.79 Å². The maximum Gasteiger partial charge on any atom is 0.275 e. The molecule has 1 aliphatic heterocycles. The predicted molar refractivity (Wildman–Crippen MR) is 89.9 cm³/mol. The van der Waals surface area contributed by atoms with Gasteiger partial charge in [0.15, 0.2) is 0 Å². The molecule has 1 heterocycles. The van der Waals surface area contributed by atoms with E-state index in [-0.39, 0.29) is 5.91 Å². The number of halogens is 2. The molecular weight excluding hydrogens is 352 g/mol. The first kappa shape index (κ1) is 14.3. The van der Waals surface area contributed by atoms with Gasteiger partial charge in [0.25, 0.3) is 5.91 Å². The molecule has 0 saturated carbocycles. The molecule has 0 aliphatic carbocycles. The summed E-state index contributed by atoms with van der Waals surface area (Å²) in [5, 5.41) is 3.40. The van der Waals surface area contributed by atoms with Crippen LogP contribution in [0.2, 0.25) is 5.02 Å². The lowest BCUT2D eigenvalue weighted by Gasteiger charge is -2.05. The molecule has 0 fully saturated rings. The largest absolute Gasteiger partial charge is 0.320 e. The van der Waals surface area contributed by atoms with Crippen molar-refractivity contribution in [3.63, 3.8) is 0 Å². The van der Waals surface area contributed by atoms with Crippen molar-refractivity contribution in [2.24, 2.45) is 4.99 Å². The monoisotopic (exact) mass is 362 g/mol. The Hall–Kier alpha value is -1.65. The van der Waals surface area contributed by atoms with Crippen LogP contribution in [0.1, 0.15) is 16.7 Å². The number of anilines is 1. The lowest BCUT2D eigenvalue weighted by molar-refractivity contribution is -0.110. The fraction of sp³-hybridized carbons (Fsp3) is 0.125. The van der Waals surface area contributed by atoms with Crippen molar-refractivity contribution in [3.05, 3.63) is 56.5 Å². The molecule has 0 atom stereocenters. The highest BCUT2D eigenvalue weighted by molar-refractivity contribution is 9.10. The Kier molecular flexibility index (Phi) is 3.59. The minimum Gasteiger partial charge on any atom is -0.320 e. The van der Waals surface area contributed by atoms with Crippen LogP contribution in [0.3, 0.4) is 0 Å².